The molecule has 0 aliphatic heterocycles. The zero-order valence-electron chi connectivity index (χ0n) is 16.5. The van der Waals surface area contributed by atoms with Crippen LogP contribution in [0.3, 0.4) is 0 Å². The first-order chi connectivity index (χ1) is 13.6. The molecule has 0 aliphatic carbocycles. The third kappa shape index (κ3) is 4.88. The van der Waals surface area contributed by atoms with Gasteiger partial charge >= 0.3 is 0 Å². The summed E-state index contributed by atoms with van der Waals surface area (Å²) < 4.78 is 5.25. The molecule has 1 amide bonds. The second-order valence-electron chi connectivity index (χ2n) is 6.71. The number of ether oxygens (including phenoxy) is 1. The van der Waals surface area contributed by atoms with Crippen LogP contribution in [-0.2, 0) is 6.42 Å². The van der Waals surface area contributed by atoms with E-state index in [9.17, 15) is 4.79 Å². The molecule has 0 spiro atoms. The molecule has 5 heteroatoms. The van der Waals surface area contributed by atoms with Gasteiger partial charge < -0.3 is 15.4 Å². The van der Waals surface area contributed by atoms with Crippen LogP contribution in [-0.4, -0.2) is 24.5 Å². The minimum Gasteiger partial charge on any atom is -0.497 e. The maximum absolute atomic E-state index is 12.6. The monoisotopic (exact) mass is 375 g/mol. The normalized spacial score (nSPS) is 10.4. The Labute approximate surface area is 165 Å². The van der Waals surface area contributed by atoms with Crippen molar-refractivity contribution in [2.24, 2.45) is 0 Å². The van der Waals surface area contributed by atoms with E-state index >= 15 is 0 Å². The van der Waals surface area contributed by atoms with Crippen molar-refractivity contribution < 1.29 is 9.53 Å². The van der Waals surface area contributed by atoms with Gasteiger partial charge in [0.25, 0.3) is 5.91 Å². The zero-order valence-corrected chi connectivity index (χ0v) is 16.5. The summed E-state index contributed by atoms with van der Waals surface area (Å²) in [5.74, 6) is 0.686. The lowest BCUT2D eigenvalue weighted by atomic mass is 10.1. The van der Waals surface area contributed by atoms with E-state index in [1.54, 1.807) is 19.5 Å². The maximum atomic E-state index is 12.6. The average Bonchev–Trinajstić information content (AvgIpc) is 2.71. The number of rotatable bonds is 7. The summed E-state index contributed by atoms with van der Waals surface area (Å²) in [6.45, 7) is 4.70. The molecule has 1 aromatic heterocycles. The fourth-order valence-corrected chi connectivity index (χ4v) is 3.04. The van der Waals surface area contributed by atoms with Crippen LogP contribution in [0.15, 0.2) is 60.9 Å². The number of hydrogen-bond acceptors (Lipinski definition) is 4. The minimum absolute atomic E-state index is 0.165. The maximum Gasteiger partial charge on any atom is 0.257 e. The molecule has 0 bridgehead atoms. The van der Waals surface area contributed by atoms with Crippen LogP contribution in [0.4, 0.5) is 11.4 Å². The van der Waals surface area contributed by atoms with E-state index in [1.807, 2.05) is 56.3 Å². The molecule has 28 heavy (non-hydrogen) atoms. The summed E-state index contributed by atoms with van der Waals surface area (Å²) in [5.41, 5.74) is 5.45. The molecule has 1 heterocycles. The van der Waals surface area contributed by atoms with Crippen LogP contribution in [0.25, 0.3) is 0 Å². The topological polar surface area (TPSA) is 63.2 Å². The highest BCUT2D eigenvalue weighted by atomic mass is 16.5. The van der Waals surface area contributed by atoms with Crippen LogP contribution in [0.1, 0.15) is 27.0 Å². The fourth-order valence-electron chi connectivity index (χ4n) is 3.04. The standard InChI is InChI=1S/C23H25N3O2/c1-16-6-4-7-17(2)22(16)26-23(27)19-13-20(15-24-14-19)25-11-10-18-8-5-9-21(12-18)28-3/h4-9,12-15,25H,10-11H2,1-3H3,(H,26,27). The van der Waals surface area contributed by atoms with Crippen LogP contribution >= 0.6 is 0 Å². The number of nitrogens with zero attached hydrogens (tertiary/aromatic N) is 1. The second-order valence-corrected chi connectivity index (χ2v) is 6.71. The van der Waals surface area contributed by atoms with E-state index in [1.165, 1.54) is 5.56 Å². The highest BCUT2D eigenvalue weighted by Crippen LogP contribution is 2.21. The molecule has 0 fully saturated rings. The molecule has 0 atom stereocenters. The van der Waals surface area contributed by atoms with Gasteiger partial charge in [-0.1, -0.05) is 30.3 Å². The number of benzene rings is 2. The molecular formula is C23H25N3O2. The summed E-state index contributed by atoms with van der Waals surface area (Å²) in [6, 6.07) is 15.8. The Balaban J connectivity index is 1.62. The van der Waals surface area contributed by atoms with Gasteiger partial charge in [-0.2, -0.15) is 0 Å². The summed E-state index contributed by atoms with van der Waals surface area (Å²) in [5, 5.41) is 6.33. The van der Waals surface area contributed by atoms with Crippen molar-refractivity contribution in [1.82, 2.24) is 4.98 Å². The van der Waals surface area contributed by atoms with Crippen LogP contribution in [0.2, 0.25) is 0 Å². The predicted octanol–water partition coefficient (Wildman–Crippen LogP) is 4.61. The molecule has 0 saturated heterocycles. The average molecular weight is 375 g/mol. The number of pyridine rings is 1. The van der Waals surface area contributed by atoms with E-state index in [-0.39, 0.29) is 5.91 Å². The van der Waals surface area contributed by atoms with Crippen LogP contribution < -0.4 is 15.4 Å². The molecular weight excluding hydrogens is 350 g/mol. The Morgan fingerprint density at radius 1 is 1.04 bits per heavy atom. The molecule has 0 radical (unpaired) electrons. The highest BCUT2D eigenvalue weighted by Gasteiger charge is 2.10. The van der Waals surface area contributed by atoms with Crippen molar-refractivity contribution in [2.45, 2.75) is 20.3 Å². The van der Waals surface area contributed by atoms with Gasteiger partial charge in [0.15, 0.2) is 0 Å². The quantitative estimate of drug-likeness (QED) is 0.633. The van der Waals surface area contributed by atoms with E-state index in [0.717, 1.165) is 41.2 Å². The highest BCUT2D eigenvalue weighted by molar-refractivity contribution is 6.05. The van der Waals surface area contributed by atoms with Crippen molar-refractivity contribution in [2.75, 3.05) is 24.3 Å². The number of carbonyl (C=O) groups is 1. The molecule has 0 saturated carbocycles. The lowest BCUT2D eigenvalue weighted by Gasteiger charge is -2.12. The number of aryl methyl sites for hydroxylation is 2. The van der Waals surface area contributed by atoms with Gasteiger partial charge in [-0.05, 0) is 55.2 Å². The largest absolute Gasteiger partial charge is 0.497 e. The Morgan fingerprint density at radius 2 is 1.79 bits per heavy atom. The number of methoxy groups -OCH3 is 1. The molecule has 3 aromatic rings. The molecule has 0 unspecified atom stereocenters. The van der Waals surface area contributed by atoms with Gasteiger partial charge in [0.1, 0.15) is 5.75 Å². The Bertz CT molecular complexity index is 949. The van der Waals surface area contributed by atoms with Gasteiger partial charge in [-0.15, -0.1) is 0 Å². The molecule has 0 aliphatic rings. The fraction of sp³-hybridized carbons (Fsp3) is 0.217. The van der Waals surface area contributed by atoms with Crippen LogP contribution in [0, 0.1) is 13.8 Å². The molecule has 144 valence electrons. The van der Waals surface area contributed by atoms with Gasteiger partial charge in [-0.3, -0.25) is 9.78 Å². The summed E-state index contributed by atoms with van der Waals surface area (Å²) >= 11 is 0. The lowest BCUT2D eigenvalue weighted by molar-refractivity contribution is 0.102. The summed E-state index contributed by atoms with van der Waals surface area (Å²) in [7, 11) is 1.66. The smallest absolute Gasteiger partial charge is 0.257 e. The van der Waals surface area contributed by atoms with Crippen molar-refractivity contribution in [1.29, 1.82) is 0 Å². The number of nitrogens with one attached hydrogen (secondary N) is 2. The second kappa shape index (κ2) is 9.04. The van der Waals surface area contributed by atoms with Crippen molar-refractivity contribution >= 4 is 17.3 Å². The Morgan fingerprint density at radius 3 is 2.54 bits per heavy atom. The van der Waals surface area contributed by atoms with E-state index in [4.69, 9.17) is 4.74 Å². The third-order valence-electron chi connectivity index (χ3n) is 4.60. The van der Waals surface area contributed by atoms with Crippen molar-refractivity contribution in [3.05, 3.63) is 83.2 Å². The number of para-hydroxylation sites is 1. The number of hydrogen-bond donors (Lipinski definition) is 2. The van der Waals surface area contributed by atoms with Crippen molar-refractivity contribution in [3.63, 3.8) is 0 Å². The first-order valence-electron chi connectivity index (χ1n) is 9.26. The number of anilines is 2. The Kier molecular flexibility index (Phi) is 6.27. The third-order valence-corrected chi connectivity index (χ3v) is 4.60. The van der Waals surface area contributed by atoms with Gasteiger partial charge in [-0.25, -0.2) is 0 Å². The van der Waals surface area contributed by atoms with Crippen molar-refractivity contribution in [3.8, 4) is 5.75 Å². The number of amides is 1. The molecule has 3 rings (SSSR count). The summed E-state index contributed by atoms with van der Waals surface area (Å²) in [6.07, 6.45) is 4.15. The SMILES string of the molecule is COc1cccc(CCNc2cncc(C(=O)Nc3c(C)cccc3C)c2)c1. The zero-order chi connectivity index (χ0) is 19.9. The molecule has 5 nitrogen and oxygen atoms in total. The molecule has 2 aromatic carbocycles. The first-order valence-corrected chi connectivity index (χ1v) is 9.26. The van der Waals surface area contributed by atoms with Gasteiger partial charge in [0.2, 0.25) is 0 Å². The van der Waals surface area contributed by atoms with E-state index in [0.29, 0.717) is 5.56 Å². The minimum atomic E-state index is -0.165. The van der Waals surface area contributed by atoms with E-state index in [2.05, 4.69) is 21.7 Å². The number of aromatic nitrogens is 1. The Hall–Kier alpha value is -3.34. The number of carbonyl (C=O) groups excluding carboxylic acids is 1. The predicted molar refractivity (Wildman–Crippen MR) is 113 cm³/mol. The molecule has 2 N–H and O–H groups in total. The van der Waals surface area contributed by atoms with Gasteiger partial charge in [0.05, 0.1) is 18.4 Å². The summed E-state index contributed by atoms with van der Waals surface area (Å²) in [4.78, 5) is 16.8. The van der Waals surface area contributed by atoms with Crippen LogP contribution in [0.5, 0.6) is 5.75 Å². The lowest BCUT2D eigenvalue weighted by Crippen LogP contribution is -2.15. The first kappa shape index (κ1) is 19.4. The van der Waals surface area contributed by atoms with Gasteiger partial charge in [0, 0.05) is 24.6 Å². The van der Waals surface area contributed by atoms with E-state index < -0.39 is 0 Å².